The molecule has 1 fully saturated rings. The zero-order valence-electron chi connectivity index (χ0n) is 11.7. The van der Waals surface area contributed by atoms with Gasteiger partial charge in [-0.3, -0.25) is 15.1 Å². The van der Waals surface area contributed by atoms with Gasteiger partial charge in [0.25, 0.3) is 15.9 Å². The van der Waals surface area contributed by atoms with Gasteiger partial charge in [-0.05, 0) is 41.6 Å². The molecule has 0 atom stereocenters. The molecule has 3 rings (SSSR count). The number of thioether (sulfide) groups is 1. The normalized spacial score (nSPS) is 18.3. The molecular weight excluding hydrogens is 334 g/mol. The van der Waals surface area contributed by atoms with E-state index in [1.807, 2.05) is 0 Å². The molecule has 1 aliphatic heterocycles. The second-order valence-electron chi connectivity index (χ2n) is 4.54. The summed E-state index contributed by atoms with van der Waals surface area (Å²) in [5.41, 5.74) is 0.748. The van der Waals surface area contributed by atoms with Gasteiger partial charge in [-0.15, -0.1) is 4.40 Å². The number of pyridine rings is 1. The summed E-state index contributed by atoms with van der Waals surface area (Å²) in [5.74, 6) is -0.388. The smallest absolute Gasteiger partial charge is 0.284 e. The van der Waals surface area contributed by atoms with Crippen molar-refractivity contribution in [2.45, 2.75) is 4.90 Å². The number of benzene rings is 1. The van der Waals surface area contributed by atoms with Crippen LogP contribution < -0.4 is 5.32 Å². The fourth-order valence-electron chi connectivity index (χ4n) is 1.84. The third-order valence-corrected chi connectivity index (χ3v) is 5.19. The lowest BCUT2D eigenvalue weighted by atomic mass is 10.2. The average molecular weight is 345 g/mol. The summed E-state index contributed by atoms with van der Waals surface area (Å²) >= 11 is 0.979. The molecule has 0 radical (unpaired) electrons. The maximum absolute atomic E-state index is 12.2. The number of nitrogens with zero attached hydrogens (tertiary/aromatic N) is 2. The van der Waals surface area contributed by atoms with Crippen molar-refractivity contribution in [1.29, 1.82) is 0 Å². The summed E-state index contributed by atoms with van der Waals surface area (Å²) in [6.07, 6.45) is 4.87. The molecule has 23 heavy (non-hydrogen) atoms. The lowest BCUT2D eigenvalue weighted by Crippen LogP contribution is -2.20. The highest BCUT2D eigenvalue weighted by Gasteiger charge is 2.26. The second-order valence-corrected chi connectivity index (χ2v) is 7.17. The Morgan fingerprint density at radius 3 is 2.61 bits per heavy atom. The lowest BCUT2D eigenvalue weighted by molar-refractivity contribution is -0.115. The van der Waals surface area contributed by atoms with Crippen LogP contribution in [0.5, 0.6) is 0 Å². The van der Waals surface area contributed by atoms with E-state index >= 15 is 0 Å². The van der Waals surface area contributed by atoms with Crippen LogP contribution in [0.25, 0.3) is 6.08 Å². The summed E-state index contributed by atoms with van der Waals surface area (Å²) in [6, 6.07) is 11.4. The van der Waals surface area contributed by atoms with Crippen LogP contribution in [0.1, 0.15) is 5.56 Å². The van der Waals surface area contributed by atoms with Gasteiger partial charge in [-0.25, -0.2) is 0 Å². The van der Waals surface area contributed by atoms with E-state index in [0.717, 1.165) is 17.3 Å². The molecule has 1 aromatic carbocycles. The molecule has 1 amide bonds. The predicted molar refractivity (Wildman–Crippen MR) is 89.0 cm³/mol. The summed E-state index contributed by atoms with van der Waals surface area (Å²) in [4.78, 5) is 16.3. The third-order valence-electron chi connectivity index (χ3n) is 2.88. The topological polar surface area (TPSA) is 88.5 Å². The standard InChI is InChI=1S/C15H11N3O3S2/c19-14-13(9-11-5-4-8-16-10-11)22-15(17-14)18-23(20,21)12-6-2-1-3-7-12/h1-10H,(H,17,18,19)/b13-9-. The monoisotopic (exact) mass is 345 g/mol. The van der Waals surface area contributed by atoms with Crippen molar-refractivity contribution in [2.24, 2.45) is 4.40 Å². The zero-order chi connectivity index (χ0) is 16.3. The number of carbonyl (C=O) groups excluding carboxylic acids is 1. The molecule has 0 saturated carbocycles. The van der Waals surface area contributed by atoms with Gasteiger partial charge in [-0.1, -0.05) is 24.3 Å². The Labute approximate surface area is 137 Å². The van der Waals surface area contributed by atoms with Gasteiger partial charge >= 0.3 is 0 Å². The summed E-state index contributed by atoms with van der Waals surface area (Å²) in [7, 11) is -3.85. The number of sulfonamides is 1. The van der Waals surface area contributed by atoms with E-state index in [0.29, 0.717) is 4.91 Å². The molecule has 0 spiro atoms. The van der Waals surface area contributed by atoms with E-state index in [9.17, 15) is 13.2 Å². The first-order chi connectivity index (χ1) is 11.0. The molecule has 6 nitrogen and oxygen atoms in total. The van der Waals surface area contributed by atoms with Gasteiger partial charge in [0.05, 0.1) is 9.80 Å². The van der Waals surface area contributed by atoms with Gasteiger partial charge in [0.15, 0.2) is 5.17 Å². The van der Waals surface area contributed by atoms with E-state index in [1.165, 1.54) is 12.1 Å². The molecule has 0 unspecified atom stereocenters. The molecule has 2 heterocycles. The quantitative estimate of drug-likeness (QED) is 0.860. The molecule has 1 aromatic heterocycles. The van der Waals surface area contributed by atoms with Gasteiger partial charge in [-0.2, -0.15) is 8.42 Å². The summed E-state index contributed by atoms with van der Waals surface area (Å²) < 4.78 is 28.0. The Kier molecular flexibility index (Phi) is 4.26. The van der Waals surface area contributed by atoms with Gasteiger partial charge in [0.2, 0.25) is 0 Å². The average Bonchev–Trinajstić information content (AvgIpc) is 2.88. The number of rotatable bonds is 3. The van der Waals surface area contributed by atoms with Gasteiger partial charge in [0.1, 0.15) is 0 Å². The number of nitrogens with one attached hydrogen (secondary N) is 1. The summed E-state index contributed by atoms with van der Waals surface area (Å²) in [6.45, 7) is 0. The van der Waals surface area contributed by atoms with E-state index in [-0.39, 0.29) is 16.0 Å². The number of amides is 1. The molecule has 2 aromatic rings. The minimum absolute atomic E-state index is 0.0361. The van der Waals surface area contributed by atoms with E-state index in [1.54, 1.807) is 48.8 Å². The first-order valence-corrected chi connectivity index (χ1v) is 8.81. The Hall–Kier alpha value is -2.45. The van der Waals surface area contributed by atoms with Crippen molar-refractivity contribution in [3.8, 4) is 0 Å². The van der Waals surface area contributed by atoms with Crippen molar-refractivity contribution in [3.05, 3.63) is 65.3 Å². The second kappa shape index (κ2) is 6.35. The molecular formula is C15H11N3O3S2. The first kappa shape index (κ1) is 15.4. The lowest BCUT2D eigenvalue weighted by Gasteiger charge is -1.98. The van der Waals surface area contributed by atoms with Crippen molar-refractivity contribution in [1.82, 2.24) is 10.3 Å². The van der Waals surface area contributed by atoms with Crippen LogP contribution in [0.2, 0.25) is 0 Å². The van der Waals surface area contributed by atoms with E-state index < -0.39 is 10.0 Å². The Bertz CT molecular complexity index is 892. The minimum atomic E-state index is -3.85. The Morgan fingerprint density at radius 1 is 1.13 bits per heavy atom. The number of carbonyl (C=O) groups is 1. The molecule has 1 aliphatic rings. The van der Waals surface area contributed by atoms with Crippen LogP contribution in [0.3, 0.4) is 0 Å². The number of hydrogen-bond acceptors (Lipinski definition) is 5. The predicted octanol–water partition coefficient (Wildman–Crippen LogP) is 2.03. The van der Waals surface area contributed by atoms with Crippen LogP contribution >= 0.6 is 11.8 Å². The maximum atomic E-state index is 12.2. The maximum Gasteiger partial charge on any atom is 0.284 e. The Balaban J connectivity index is 1.87. The highest BCUT2D eigenvalue weighted by Crippen LogP contribution is 2.27. The zero-order valence-corrected chi connectivity index (χ0v) is 13.3. The van der Waals surface area contributed by atoms with Crippen LogP contribution in [0.4, 0.5) is 0 Å². The van der Waals surface area contributed by atoms with Crippen molar-refractivity contribution < 1.29 is 13.2 Å². The van der Waals surface area contributed by atoms with Crippen LogP contribution in [-0.4, -0.2) is 24.5 Å². The molecule has 0 bridgehead atoms. The number of aromatic nitrogens is 1. The van der Waals surface area contributed by atoms with Gasteiger partial charge in [0, 0.05) is 12.4 Å². The fourth-order valence-corrected chi connectivity index (χ4v) is 3.84. The Morgan fingerprint density at radius 2 is 1.91 bits per heavy atom. The van der Waals surface area contributed by atoms with Crippen LogP contribution in [0, 0.1) is 0 Å². The molecule has 8 heteroatoms. The summed E-state index contributed by atoms with van der Waals surface area (Å²) in [5, 5.41) is 2.49. The minimum Gasteiger partial charge on any atom is -0.300 e. The van der Waals surface area contributed by atoms with Crippen LogP contribution in [0.15, 0.2) is 69.1 Å². The molecule has 116 valence electrons. The van der Waals surface area contributed by atoms with Gasteiger partial charge < -0.3 is 0 Å². The van der Waals surface area contributed by atoms with Crippen molar-refractivity contribution in [3.63, 3.8) is 0 Å². The number of amidine groups is 1. The SMILES string of the molecule is O=C1N/C(=N\S(=O)(=O)c2ccccc2)S/C1=C\c1cccnc1. The largest absolute Gasteiger partial charge is 0.300 e. The third kappa shape index (κ3) is 3.66. The highest BCUT2D eigenvalue weighted by atomic mass is 32.2. The number of hydrogen-bond donors (Lipinski definition) is 1. The van der Waals surface area contributed by atoms with Crippen LogP contribution in [-0.2, 0) is 14.8 Å². The van der Waals surface area contributed by atoms with E-state index in [2.05, 4.69) is 14.7 Å². The molecule has 1 N–H and O–H groups in total. The first-order valence-electron chi connectivity index (χ1n) is 6.55. The van der Waals surface area contributed by atoms with E-state index in [4.69, 9.17) is 0 Å². The molecule has 1 saturated heterocycles. The fraction of sp³-hybridized carbons (Fsp3) is 0. The molecule has 0 aliphatic carbocycles. The van der Waals surface area contributed by atoms with Crippen molar-refractivity contribution >= 4 is 38.9 Å². The van der Waals surface area contributed by atoms with Crippen molar-refractivity contribution in [2.75, 3.05) is 0 Å². The highest BCUT2D eigenvalue weighted by molar-refractivity contribution is 8.19.